The third-order valence-electron chi connectivity index (χ3n) is 2.18. The van der Waals surface area contributed by atoms with Crippen molar-refractivity contribution in [2.45, 2.75) is 6.92 Å². The molecule has 1 N–H and O–H groups in total. The van der Waals surface area contributed by atoms with Gasteiger partial charge in [-0.3, -0.25) is 4.79 Å². The zero-order chi connectivity index (χ0) is 13.5. The predicted molar refractivity (Wildman–Crippen MR) is 71.8 cm³/mol. The van der Waals surface area contributed by atoms with Gasteiger partial charge in [-0.05, 0) is 25.3 Å². The van der Waals surface area contributed by atoms with E-state index < -0.39 is 0 Å². The quantitative estimate of drug-likeness (QED) is 0.663. The van der Waals surface area contributed by atoms with Crippen molar-refractivity contribution in [1.82, 2.24) is 0 Å². The minimum atomic E-state index is -0.0332. The van der Waals surface area contributed by atoms with Gasteiger partial charge >= 0.3 is 0 Å². The average molecular weight is 257 g/mol. The van der Waals surface area contributed by atoms with Gasteiger partial charge in [0.2, 0.25) is 0 Å². The Bertz CT molecular complexity index is 563. The molecule has 18 heavy (non-hydrogen) atoms. The van der Waals surface area contributed by atoms with Gasteiger partial charge in [0, 0.05) is 11.3 Å². The van der Waals surface area contributed by atoms with Crippen molar-refractivity contribution < 1.29 is 4.79 Å². The van der Waals surface area contributed by atoms with Gasteiger partial charge < -0.3 is 5.32 Å². The highest BCUT2D eigenvalue weighted by molar-refractivity contribution is 8.02. The molecule has 0 aromatic heterocycles. The maximum Gasteiger partial charge on any atom is 0.159 e. The van der Waals surface area contributed by atoms with Gasteiger partial charge in [0.05, 0.1) is 0 Å². The van der Waals surface area contributed by atoms with Crippen LogP contribution >= 0.6 is 11.8 Å². The van der Waals surface area contributed by atoms with Crippen LogP contribution in [0, 0.1) is 22.7 Å². The predicted octanol–water partition coefficient (Wildman–Crippen LogP) is 2.92. The summed E-state index contributed by atoms with van der Waals surface area (Å²) in [5.74, 6) is -0.0332. The molecule has 0 radical (unpaired) electrons. The lowest BCUT2D eigenvalue weighted by Gasteiger charge is -2.09. The van der Waals surface area contributed by atoms with E-state index in [0.717, 1.165) is 0 Å². The van der Waals surface area contributed by atoms with E-state index in [2.05, 4.69) is 5.32 Å². The Morgan fingerprint density at radius 1 is 1.33 bits per heavy atom. The first-order chi connectivity index (χ1) is 8.62. The Balaban J connectivity index is 3.08. The van der Waals surface area contributed by atoms with Crippen LogP contribution in [0.4, 0.5) is 5.69 Å². The van der Waals surface area contributed by atoms with Crippen LogP contribution in [0.5, 0.6) is 0 Å². The highest BCUT2D eigenvalue weighted by Crippen LogP contribution is 2.21. The summed E-state index contributed by atoms with van der Waals surface area (Å²) in [6, 6.07) is 10.6. The Labute approximate surface area is 110 Å². The second kappa shape index (κ2) is 6.48. The first-order valence-electron chi connectivity index (χ1n) is 5.09. The van der Waals surface area contributed by atoms with Gasteiger partial charge in [0.25, 0.3) is 0 Å². The summed E-state index contributed by atoms with van der Waals surface area (Å²) in [4.78, 5) is 11.2. The molecule has 0 aliphatic carbocycles. The second-order valence-electron chi connectivity index (χ2n) is 3.39. The number of allylic oxidation sites excluding steroid dienone is 1. The minimum absolute atomic E-state index is 0.0238. The number of carbonyl (C=O) groups excluding carboxylic acids is 1. The lowest BCUT2D eigenvalue weighted by atomic mass is 10.1. The van der Waals surface area contributed by atoms with E-state index in [1.807, 2.05) is 12.1 Å². The number of rotatable bonds is 4. The van der Waals surface area contributed by atoms with E-state index in [-0.39, 0.29) is 11.4 Å². The molecule has 0 saturated heterocycles. The third kappa shape index (κ3) is 3.38. The summed E-state index contributed by atoms with van der Waals surface area (Å²) >= 11 is 1.27. The van der Waals surface area contributed by atoms with E-state index in [0.29, 0.717) is 16.3 Å². The van der Waals surface area contributed by atoms with Crippen molar-refractivity contribution >= 4 is 23.2 Å². The number of nitriles is 2. The van der Waals surface area contributed by atoms with Crippen LogP contribution in [-0.2, 0) is 0 Å². The molecule has 0 atom stereocenters. The van der Waals surface area contributed by atoms with E-state index >= 15 is 0 Å². The van der Waals surface area contributed by atoms with Gasteiger partial charge in [-0.25, -0.2) is 0 Å². The molecule has 0 heterocycles. The zero-order valence-electron chi connectivity index (χ0n) is 10.0. The fraction of sp³-hybridized carbons (Fsp3) is 0.154. The molecule has 0 aliphatic rings. The van der Waals surface area contributed by atoms with Crippen molar-refractivity contribution in [3.05, 3.63) is 40.4 Å². The molecule has 0 aliphatic heterocycles. The van der Waals surface area contributed by atoms with Crippen molar-refractivity contribution in [3.63, 3.8) is 0 Å². The van der Waals surface area contributed by atoms with Crippen LogP contribution in [0.2, 0.25) is 0 Å². The van der Waals surface area contributed by atoms with Gasteiger partial charge in [-0.1, -0.05) is 12.1 Å². The Kier molecular flexibility index (Phi) is 4.98. The van der Waals surface area contributed by atoms with Gasteiger partial charge in [-0.15, -0.1) is 11.8 Å². The lowest BCUT2D eigenvalue weighted by Crippen LogP contribution is -2.00. The van der Waals surface area contributed by atoms with Crippen molar-refractivity contribution in [2.75, 3.05) is 11.6 Å². The summed E-state index contributed by atoms with van der Waals surface area (Å²) in [5, 5.41) is 21.1. The van der Waals surface area contributed by atoms with Crippen molar-refractivity contribution in [2.24, 2.45) is 0 Å². The number of anilines is 1. The summed E-state index contributed by atoms with van der Waals surface area (Å²) in [7, 11) is 0. The van der Waals surface area contributed by atoms with Crippen LogP contribution in [0.25, 0.3) is 0 Å². The Hall–Kier alpha value is -2.24. The number of ketones is 1. The molecule has 5 heteroatoms. The monoisotopic (exact) mass is 257 g/mol. The molecule has 1 aromatic carbocycles. The first kappa shape index (κ1) is 13.8. The molecule has 4 nitrogen and oxygen atoms in total. The fourth-order valence-electron chi connectivity index (χ4n) is 1.29. The SMILES string of the molecule is CSC(Nc1cccc(C(C)=O)c1)=C(C#N)C#N. The summed E-state index contributed by atoms with van der Waals surface area (Å²) in [5.41, 5.74) is 1.28. The molecule has 0 saturated carbocycles. The highest BCUT2D eigenvalue weighted by Gasteiger charge is 2.06. The fourth-order valence-corrected chi connectivity index (χ4v) is 1.80. The number of hydrogen-bond donors (Lipinski definition) is 1. The van der Waals surface area contributed by atoms with Crippen LogP contribution in [0.3, 0.4) is 0 Å². The molecular weight excluding hydrogens is 246 g/mol. The summed E-state index contributed by atoms with van der Waals surface area (Å²) in [6.07, 6.45) is 1.77. The topological polar surface area (TPSA) is 76.7 Å². The number of Topliss-reactive ketones (excluding diaryl/α,β-unsaturated/α-hetero) is 1. The maximum atomic E-state index is 11.2. The second-order valence-corrected chi connectivity index (χ2v) is 4.21. The van der Waals surface area contributed by atoms with Crippen LogP contribution < -0.4 is 5.32 Å². The number of nitrogens with zero attached hydrogens (tertiary/aromatic N) is 2. The standard InChI is InChI=1S/C13H11N3OS/c1-9(17)10-4-3-5-12(6-10)16-13(18-2)11(7-14)8-15/h3-6,16H,1-2H3. The Morgan fingerprint density at radius 2 is 2.00 bits per heavy atom. The van der Waals surface area contributed by atoms with E-state index in [1.54, 1.807) is 30.5 Å². The van der Waals surface area contributed by atoms with Gasteiger partial charge in [0.15, 0.2) is 11.4 Å². The number of hydrogen-bond acceptors (Lipinski definition) is 5. The molecule has 90 valence electrons. The van der Waals surface area contributed by atoms with Crippen LogP contribution in [-0.4, -0.2) is 12.0 Å². The number of thioether (sulfide) groups is 1. The Morgan fingerprint density at radius 3 is 2.50 bits per heavy atom. The maximum absolute atomic E-state index is 11.2. The van der Waals surface area contributed by atoms with E-state index in [4.69, 9.17) is 10.5 Å². The zero-order valence-corrected chi connectivity index (χ0v) is 10.8. The molecule has 0 amide bonds. The summed E-state index contributed by atoms with van der Waals surface area (Å²) < 4.78 is 0. The third-order valence-corrected chi connectivity index (χ3v) is 2.90. The first-order valence-corrected chi connectivity index (χ1v) is 6.31. The number of carbonyl (C=O) groups is 1. The van der Waals surface area contributed by atoms with Crippen LogP contribution in [0.1, 0.15) is 17.3 Å². The van der Waals surface area contributed by atoms with Crippen molar-refractivity contribution in [1.29, 1.82) is 10.5 Å². The highest BCUT2D eigenvalue weighted by atomic mass is 32.2. The van der Waals surface area contributed by atoms with Crippen molar-refractivity contribution in [3.8, 4) is 12.1 Å². The minimum Gasteiger partial charge on any atom is -0.349 e. The molecule has 1 aromatic rings. The molecule has 0 unspecified atom stereocenters. The number of benzene rings is 1. The lowest BCUT2D eigenvalue weighted by molar-refractivity contribution is 0.101. The van der Waals surface area contributed by atoms with Crippen LogP contribution in [0.15, 0.2) is 34.9 Å². The van der Waals surface area contributed by atoms with E-state index in [9.17, 15) is 4.79 Å². The molecule has 1 rings (SSSR count). The average Bonchev–Trinajstić information content (AvgIpc) is 2.39. The normalized spacial score (nSPS) is 8.89. The molecule has 0 spiro atoms. The molecule has 0 fully saturated rings. The molecular formula is C13H11N3OS. The summed E-state index contributed by atoms with van der Waals surface area (Å²) in [6.45, 7) is 1.49. The van der Waals surface area contributed by atoms with E-state index in [1.165, 1.54) is 18.7 Å². The smallest absolute Gasteiger partial charge is 0.159 e. The molecule has 0 bridgehead atoms. The van der Waals surface area contributed by atoms with Gasteiger partial charge in [0.1, 0.15) is 17.2 Å². The largest absolute Gasteiger partial charge is 0.349 e. The van der Waals surface area contributed by atoms with Gasteiger partial charge in [-0.2, -0.15) is 10.5 Å². The number of nitrogens with one attached hydrogen (secondary N) is 1.